The first-order valence-electron chi connectivity index (χ1n) is 10.6. The van der Waals surface area contributed by atoms with E-state index in [4.69, 9.17) is 14.2 Å². The van der Waals surface area contributed by atoms with Crippen molar-refractivity contribution in [3.8, 4) is 5.75 Å². The van der Waals surface area contributed by atoms with Crippen LogP contribution >= 0.6 is 0 Å². The second-order valence-electron chi connectivity index (χ2n) is 7.96. The van der Waals surface area contributed by atoms with Gasteiger partial charge in [0, 0.05) is 18.7 Å². The molecular weight excluding hydrogens is 398 g/mol. The minimum atomic E-state index is -1.04. The summed E-state index contributed by atoms with van der Waals surface area (Å²) in [5, 5.41) is 9.79. The zero-order valence-electron chi connectivity index (χ0n) is 17.4. The lowest BCUT2D eigenvalue weighted by atomic mass is 9.73. The molecule has 31 heavy (non-hydrogen) atoms. The molecule has 0 saturated carbocycles. The van der Waals surface area contributed by atoms with Gasteiger partial charge in [-0.05, 0) is 43.0 Å². The van der Waals surface area contributed by atoms with Crippen LogP contribution in [0.2, 0.25) is 0 Å². The van der Waals surface area contributed by atoms with Crippen LogP contribution in [0.5, 0.6) is 5.75 Å². The fraction of sp³-hybridized carbons (Fsp3) is 0.417. The van der Waals surface area contributed by atoms with E-state index in [9.17, 15) is 14.7 Å². The van der Waals surface area contributed by atoms with Crippen molar-refractivity contribution in [1.29, 1.82) is 0 Å². The molecule has 0 aliphatic carbocycles. The Labute approximate surface area is 181 Å². The molecule has 7 nitrogen and oxygen atoms in total. The van der Waals surface area contributed by atoms with Gasteiger partial charge in [0.1, 0.15) is 11.2 Å². The monoisotopic (exact) mass is 425 g/mol. The molecule has 0 unspecified atom stereocenters. The first-order valence-corrected chi connectivity index (χ1v) is 10.6. The molecule has 2 fully saturated rings. The van der Waals surface area contributed by atoms with Gasteiger partial charge < -0.3 is 24.2 Å². The highest BCUT2D eigenvalue weighted by molar-refractivity contribution is 5.97. The molecule has 2 saturated heterocycles. The number of carbonyl (C=O) groups is 2. The summed E-state index contributed by atoms with van der Waals surface area (Å²) in [5.74, 6) is -0.464. The number of hydrogen-bond acceptors (Lipinski definition) is 5. The van der Waals surface area contributed by atoms with Crippen LogP contribution in [-0.4, -0.2) is 61.1 Å². The number of aliphatic carboxylic acids is 1. The molecule has 2 aliphatic rings. The predicted octanol–water partition coefficient (Wildman–Crippen LogP) is 3.09. The molecule has 1 N–H and O–H groups in total. The molecule has 2 heterocycles. The second-order valence-corrected chi connectivity index (χ2v) is 7.96. The third-order valence-electron chi connectivity index (χ3n) is 5.82. The van der Waals surface area contributed by atoms with Gasteiger partial charge in [0.15, 0.2) is 6.29 Å². The zero-order valence-corrected chi connectivity index (χ0v) is 17.4. The van der Waals surface area contributed by atoms with E-state index in [1.807, 2.05) is 24.3 Å². The molecule has 4 rings (SSSR count). The quantitative estimate of drug-likeness (QED) is 0.622. The Hall–Kier alpha value is -2.90. The van der Waals surface area contributed by atoms with Crippen LogP contribution in [0.25, 0.3) is 0 Å². The molecule has 0 aromatic heterocycles. The first kappa shape index (κ1) is 21.3. The number of carboxylic acid groups (broad SMARTS) is 1. The number of carbonyl (C=O) groups excluding carboxylic acids is 1. The van der Waals surface area contributed by atoms with Gasteiger partial charge in [-0.2, -0.15) is 0 Å². The van der Waals surface area contributed by atoms with Crippen molar-refractivity contribution >= 4 is 11.9 Å². The number of amides is 1. The van der Waals surface area contributed by atoms with Crippen molar-refractivity contribution < 1.29 is 28.9 Å². The van der Waals surface area contributed by atoms with Crippen molar-refractivity contribution in [2.24, 2.45) is 0 Å². The summed E-state index contributed by atoms with van der Waals surface area (Å²) in [6, 6.07) is 16.1. The number of ether oxygens (including phenoxy) is 3. The van der Waals surface area contributed by atoms with E-state index in [-0.39, 0.29) is 25.3 Å². The van der Waals surface area contributed by atoms with Crippen molar-refractivity contribution in [2.45, 2.75) is 31.0 Å². The Balaban J connectivity index is 1.30. The molecule has 7 heteroatoms. The number of benzene rings is 2. The predicted molar refractivity (Wildman–Crippen MR) is 113 cm³/mol. The summed E-state index contributed by atoms with van der Waals surface area (Å²) in [6.07, 6.45) is 2.56. The van der Waals surface area contributed by atoms with Gasteiger partial charge in [-0.25, -0.2) is 0 Å². The Kier molecular flexibility index (Phi) is 6.53. The highest BCUT2D eigenvalue weighted by Crippen LogP contribution is 2.36. The SMILES string of the molecule is O=C(c1cccc(OCCCCC2OCCO2)c1)N1CC(C(=O)O)(c2ccccc2)C1. The fourth-order valence-corrected chi connectivity index (χ4v) is 4.03. The van der Waals surface area contributed by atoms with Gasteiger partial charge in [0.25, 0.3) is 5.91 Å². The van der Waals surface area contributed by atoms with Crippen LogP contribution in [0.15, 0.2) is 54.6 Å². The zero-order chi connectivity index (χ0) is 21.7. The maximum atomic E-state index is 12.9. The van der Waals surface area contributed by atoms with E-state index in [2.05, 4.69) is 0 Å². The molecule has 0 radical (unpaired) electrons. The summed E-state index contributed by atoms with van der Waals surface area (Å²) in [7, 11) is 0. The molecule has 2 aromatic carbocycles. The Morgan fingerprint density at radius 2 is 1.77 bits per heavy atom. The van der Waals surface area contributed by atoms with Gasteiger partial charge in [-0.1, -0.05) is 36.4 Å². The van der Waals surface area contributed by atoms with E-state index < -0.39 is 11.4 Å². The molecular formula is C24H27NO6. The summed E-state index contributed by atoms with van der Waals surface area (Å²) in [6.45, 7) is 2.18. The number of rotatable bonds is 9. The molecule has 2 aliphatic heterocycles. The standard InChI is InChI=1S/C24H27NO6/c26-22(25-16-24(17-25,23(27)28)19-8-2-1-3-9-19)18-7-6-10-20(15-18)29-12-5-4-11-21-30-13-14-31-21/h1-3,6-10,15,21H,4-5,11-14,16-17H2,(H,27,28). The minimum absolute atomic E-state index is 0.0914. The lowest BCUT2D eigenvalue weighted by molar-refractivity contribution is -0.149. The van der Waals surface area contributed by atoms with E-state index in [0.717, 1.165) is 24.8 Å². The largest absolute Gasteiger partial charge is 0.494 e. The van der Waals surface area contributed by atoms with Gasteiger partial charge in [0.05, 0.1) is 19.8 Å². The fourth-order valence-electron chi connectivity index (χ4n) is 4.03. The van der Waals surface area contributed by atoms with Crippen LogP contribution in [0.3, 0.4) is 0 Å². The van der Waals surface area contributed by atoms with Crippen molar-refractivity contribution in [2.75, 3.05) is 32.9 Å². The summed E-state index contributed by atoms with van der Waals surface area (Å²) in [4.78, 5) is 26.4. The molecule has 0 spiro atoms. The van der Waals surface area contributed by atoms with Gasteiger partial charge in [-0.15, -0.1) is 0 Å². The van der Waals surface area contributed by atoms with E-state index >= 15 is 0 Å². The van der Waals surface area contributed by atoms with Crippen LogP contribution in [0.1, 0.15) is 35.2 Å². The van der Waals surface area contributed by atoms with Gasteiger partial charge in [-0.3, -0.25) is 9.59 Å². The molecule has 164 valence electrons. The third kappa shape index (κ3) is 4.73. The van der Waals surface area contributed by atoms with Crippen molar-refractivity contribution in [1.82, 2.24) is 4.90 Å². The van der Waals surface area contributed by atoms with Crippen LogP contribution in [-0.2, 0) is 19.7 Å². The van der Waals surface area contributed by atoms with Crippen LogP contribution in [0, 0.1) is 0 Å². The highest BCUT2D eigenvalue weighted by atomic mass is 16.7. The average Bonchev–Trinajstić information content (AvgIpc) is 3.27. The smallest absolute Gasteiger partial charge is 0.317 e. The number of nitrogens with zero attached hydrogens (tertiary/aromatic N) is 1. The lowest BCUT2D eigenvalue weighted by Gasteiger charge is -2.47. The van der Waals surface area contributed by atoms with Crippen LogP contribution < -0.4 is 4.74 Å². The van der Waals surface area contributed by atoms with E-state index in [1.165, 1.54) is 0 Å². The molecule has 1 amide bonds. The van der Waals surface area contributed by atoms with Crippen LogP contribution in [0.4, 0.5) is 0 Å². The normalized spacial score (nSPS) is 17.9. The van der Waals surface area contributed by atoms with Gasteiger partial charge in [0.2, 0.25) is 0 Å². The Morgan fingerprint density at radius 3 is 2.48 bits per heavy atom. The number of hydrogen-bond donors (Lipinski definition) is 1. The maximum Gasteiger partial charge on any atom is 0.317 e. The van der Waals surface area contributed by atoms with Crippen molar-refractivity contribution in [3.05, 3.63) is 65.7 Å². The molecule has 0 atom stereocenters. The summed E-state index contributed by atoms with van der Waals surface area (Å²) < 4.78 is 16.6. The second kappa shape index (κ2) is 9.49. The van der Waals surface area contributed by atoms with Gasteiger partial charge >= 0.3 is 5.97 Å². The van der Waals surface area contributed by atoms with E-state index in [0.29, 0.717) is 31.1 Å². The highest BCUT2D eigenvalue weighted by Gasteiger charge is 2.52. The first-order chi connectivity index (χ1) is 15.1. The van der Waals surface area contributed by atoms with E-state index in [1.54, 1.807) is 35.2 Å². The maximum absolute atomic E-state index is 12.9. The van der Waals surface area contributed by atoms with Crippen molar-refractivity contribution in [3.63, 3.8) is 0 Å². The molecule has 0 bridgehead atoms. The Bertz CT molecular complexity index is 903. The number of carboxylic acids is 1. The third-order valence-corrected chi connectivity index (χ3v) is 5.82. The lowest BCUT2D eigenvalue weighted by Crippen LogP contribution is -2.65. The topological polar surface area (TPSA) is 85.3 Å². The number of unbranched alkanes of at least 4 members (excludes halogenated alkanes) is 1. The number of likely N-dealkylation sites (tertiary alicyclic amines) is 1. The average molecular weight is 425 g/mol. The summed E-state index contributed by atoms with van der Waals surface area (Å²) >= 11 is 0. The molecule has 2 aromatic rings. The minimum Gasteiger partial charge on any atom is -0.494 e. The Morgan fingerprint density at radius 1 is 1.03 bits per heavy atom. The summed E-state index contributed by atoms with van der Waals surface area (Å²) in [5.41, 5.74) is 0.173.